The van der Waals surface area contributed by atoms with Gasteiger partial charge in [-0.05, 0) is 19.1 Å². The van der Waals surface area contributed by atoms with Gasteiger partial charge in [-0.25, -0.2) is 9.86 Å². The second-order valence-electron chi connectivity index (χ2n) is 4.65. The molecule has 0 radical (unpaired) electrons. The molecule has 0 unspecified atom stereocenters. The first-order valence-electron chi connectivity index (χ1n) is 6.55. The number of amides is 2. The maximum absolute atomic E-state index is 10.6. The summed E-state index contributed by atoms with van der Waals surface area (Å²) in [6.07, 6.45) is 0. The minimum atomic E-state index is -0.904. The Bertz CT molecular complexity index is 592. The number of hydrogen-bond acceptors (Lipinski definition) is 4. The summed E-state index contributed by atoms with van der Waals surface area (Å²) in [6, 6.07) is 10.8. The SMILES string of the molecule is Cc1ccc(-c2ccc(COCCN(O)C(N)=O)o2)cc1. The van der Waals surface area contributed by atoms with Gasteiger partial charge in [-0.1, -0.05) is 29.8 Å². The topological polar surface area (TPSA) is 88.9 Å². The summed E-state index contributed by atoms with van der Waals surface area (Å²) in [7, 11) is 0. The second kappa shape index (κ2) is 6.92. The van der Waals surface area contributed by atoms with Crippen LogP contribution >= 0.6 is 0 Å². The largest absolute Gasteiger partial charge is 0.459 e. The van der Waals surface area contributed by atoms with E-state index in [4.69, 9.17) is 20.1 Å². The van der Waals surface area contributed by atoms with Gasteiger partial charge in [0.1, 0.15) is 18.1 Å². The number of nitrogens with zero attached hydrogens (tertiary/aromatic N) is 1. The van der Waals surface area contributed by atoms with Gasteiger partial charge in [-0.15, -0.1) is 0 Å². The van der Waals surface area contributed by atoms with Gasteiger partial charge in [0.25, 0.3) is 0 Å². The van der Waals surface area contributed by atoms with Crippen molar-refractivity contribution in [1.82, 2.24) is 5.06 Å². The molecule has 1 aromatic heterocycles. The van der Waals surface area contributed by atoms with Crippen molar-refractivity contribution in [1.29, 1.82) is 0 Å². The quantitative estimate of drug-likeness (QED) is 0.486. The highest BCUT2D eigenvalue weighted by Gasteiger charge is 2.07. The fourth-order valence-electron chi connectivity index (χ4n) is 1.76. The predicted molar refractivity (Wildman–Crippen MR) is 76.6 cm³/mol. The van der Waals surface area contributed by atoms with Crippen LogP contribution in [0.2, 0.25) is 0 Å². The van der Waals surface area contributed by atoms with Gasteiger partial charge >= 0.3 is 6.03 Å². The van der Waals surface area contributed by atoms with Crippen molar-refractivity contribution in [2.24, 2.45) is 5.73 Å². The molecule has 112 valence electrons. The molecule has 21 heavy (non-hydrogen) atoms. The van der Waals surface area contributed by atoms with E-state index in [2.05, 4.69) is 0 Å². The van der Waals surface area contributed by atoms with E-state index in [1.54, 1.807) is 0 Å². The zero-order chi connectivity index (χ0) is 15.2. The first-order valence-corrected chi connectivity index (χ1v) is 6.55. The molecule has 0 spiro atoms. The Hall–Kier alpha value is -2.31. The summed E-state index contributed by atoms with van der Waals surface area (Å²) in [5.41, 5.74) is 7.06. The predicted octanol–water partition coefficient (Wildman–Crippen LogP) is 2.54. The Kier molecular flexibility index (Phi) is 4.97. The van der Waals surface area contributed by atoms with Crippen LogP contribution in [0.4, 0.5) is 4.79 Å². The Balaban J connectivity index is 1.83. The maximum Gasteiger partial charge on any atom is 0.338 e. The van der Waals surface area contributed by atoms with E-state index < -0.39 is 6.03 Å². The van der Waals surface area contributed by atoms with Crippen LogP contribution in [0.1, 0.15) is 11.3 Å². The summed E-state index contributed by atoms with van der Waals surface area (Å²) < 4.78 is 11.0. The van der Waals surface area contributed by atoms with Crippen molar-refractivity contribution < 1.29 is 19.2 Å². The molecule has 0 atom stereocenters. The smallest absolute Gasteiger partial charge is 0.338 e. The number of ether oxygens (including phenoxy) is 1. The highest BCUT2D eigenvalue weighted by atomic mass is 16.5. The molecule has 2 rings (SSSR count). The van der Waals surface area contributed by atoms with Crippen molar-refractivity contribution in [3.8, 4) is 11.3 Å². The average molecular weight is 290 g/mol. The number of hydrogen-bond donors (Lipinski definition) is 2. The molecule has 0 aliphatic carbocycles. The third-order valence-electron chi connectivity index (χ3n) is 2.94. The van der Waals surface area contributed by atoms with E-state index >= 15 is 0 Å². The maximum atomic E-state index is 10.6. The molecule has 0 aliphatic rings. The zero-order valence-electron chi connectivity index (χ0n) is 11.8. The highest BCUT2D eigenvalue weighted by Crippen LogP contribution is 2.22. The molecular formula is C15H18N2O4. The molecule has 2 aromatic rings. The number of rotatable bonds is 6. The van der Waals surface area contributed by atoms with Crippen LogP contribution in [-0.2, 0) is 11.3 Å². The summed E-state index contributed by atoms with van der Waals surface area (Å²) >= 11 is 0. The monoisotopic (exact) mass is 290 g/mol. The van der Waals surface area contributed by atoms with Gasteiger partial charge in [-0.3, -0.25) is 5.21 Å². The van der Waals surface area contributed by atoms with Crippen LogP contribution in [0.25, 0.3) is 11.3 Å². The number of primary amides is 1. The number of hydroxylamine groups is 2. The number of carbonyl (C=O) groups is 1. The Morgan fingerprint density at radius 2 is 2.00 bits per heavy atom. The molecule has 1 aromatic carbocycles. The molecule has 0 saturated heterocycles. The Morgan fingerprint density at radius 3 is 2.67 bits per heavy atom. The number of furan rings is 1. The molecule has 0 saturated carbocycles. The third kappa shape index (κ3) is 4.34. The first kappa shape index (κ1) is 15.1. The number of aryl methyl sites for hydroxylation is 1. The van der Waals surface area contributed by atoms with E-state index in [0.29, 0.717) is 10.8 Å². The van der Waals surface area contributed by atoms with Gasteiger partial charge in [0.05, 0.1) is 13.2 Å². The van der Waals surface area contributed by atoms with Crippen molar-refractivity contribution in [3.05, 3.63) is 47.7 Å². The molecular weight excluding hydrogens is 272 g/mol. The number of urea groups is 1. The highest BCUT2D eigenvalue weighted by molar-refractivity contribution is 5.70. The summed E-state index contributed by atoms with van der Waals surface area (Å²) in [6.45, 7) is 2.47. The molecule has 1 heterocycles. The fourth-order valence-corrected chi connectivity index (χ4v) is 1.76. The number of benzene rings is 1. The lowest BCUT2D eigenvalue weighted by Gasteiger charge is -2.11. The molecule has 0 fully saturated rings. The first-order chi connectivity index (χ1) is 10.1. The van der Waals surface area contributed by atoms with Crippen LogP contribution in [-0.4, -0.2) is 29.5 Å². The molecule has 0 bridgehead atoms. The lowest BCUT2D eigenvalue weighted by Crippen LogP contribution is -2.35. The molecule has 3 N–H and O–H groups in total. The standard InChI is InChI=1S/C15H18N2O4/c1-11-2-4-12(5-3-11)14-7-6-13(21-14)10-20-9-8-17(19)15(16)18/h2-7,19H,8-10H2,1H3,(H2,16,18). The van der Waals surface area contributed by atoms with Crippen LogP contribution < -0.4 is 5.73 Å². The molecule has 2 amide bonds. The minimum absolute atomic E-state index is 0.0147. The fraction of sp³-hybridized carbons (Fsp3) is 0.267. The van der Waals surface area contributed by atoms with Crippen molar-refractivity contribution in [2.45, 2.75) is 13.5 Å². The Labute approximate surface area is 122 Å². The lowest BCUT2D eigenvalue weighted by atomic mass is 10.1. The average Bonchev–Trinajstić information content (AvgIpc) is 2.93. The van der Waals surface area contributed by atoms with Gasteiger partial charge in [0, 0.05) is 5.56 Å². The Morgan fingerprint density at radius 1 is 1.29 bits per heavy atom. The van der Waals surface area contributed by atoms with Crippen LogP contribution in [0.3, 0.4) is 0 Å². The van der Waals surface area contributed by atoms with Crippen LogP contribution in [0.5, 0.6) is 0 Å². The van der Waals surface area contributed by atoms with Crippen LogP contribution in [0, 0.1) is 6.92 Å². The van der Waals surface area contributed by atoms with Gasteiger partial charge < -0.3 is 14.9 Å². The number of carbonyl (C=O) groups excluding carboxylic acids is 1. The van der Waals surface area contributed by atoms with E-state index in [1.807, 2.05) is 43.3 Å². The summed E-state index contributed by atoms with van der Waals surface area (Å²) in [5, 5.41) is 9.46. The number of nitrogens with two attached hydrogens (primary N) is 1. The summed E-state index contributed by atoms with van der Waals surface area (Å²) in [5.74, 6) is 1.45. The van der Waals surface area contributed by atoms with E-state index in [1.165, 1.54) is 5.56 Å². The second-order valence-corrected chi connectivity index (χ2v) is 4.65. The van der Waals surface area contributed by atoms with E-state index in [9.17, 15) is 4.79 Å². The van der Waals surface area contributed by atoms with E-state index in [-0.39, 0.29) is 19.8 Å². The van der Waals surface area contributed by atoms with Crippen molar-refractivity contribution in [3.63, 3.8) is 0 Å². The van der Waals surface area contributed by atoms with Gasteiger partial charge in [-0.2, -0.15) is 0 Å². The van der Waals surface area contributed by atoms with Gasteiger partial charge in [0.2, 0.25) is 0 Å². The molecule has 6 nitrogen and oxygen atoms in total. The van der Waals surface area contributed by atoms with Crippen LogP contribution in [0.15, 0.2) is 40.8 Å². The normalized spacial score (nSPS) is 10.6. The van der Waals surface area contributed by atoms with Gasteiger partial charge in [0.15, 0.2) is 0 Å². The zero-order valence-corrected chi connectivity index (χ0v) is 11.8. The van der Waals surface area contributed by atoms with E-state index in [0.717, 1.165) is 11.3 Å². The lowest BCUT2D eigenvalue weighted by molar-refractivity contribution is -0.0589. The van der Waals surface area contributed by atoms with Crippen molar-refractivity contribution >= 4 is 6.03 Å². The molecule has 0 aliphatic heterocycles. The summed E-state index contributed by atoms with van der Waals surface area (Å²) in [4.78, 5) is 10.6. The van der Waals surface area contributed by atoms with Crippen molar-refractivity contribution in [2.75, 3.05) is 13.2 Å². The third-order valence-corrected chi connectivity index (χ3v) is 2.94. The molecule has 6 heteroatoms. The minimum Gasteiger partial charge on any atom is -0.459 e.